The van der Waals surface area contributed by atoms with E-state index in [0.29, 0.717) is 0 Å². The van der Waals surface area contributed by atoms with Gasteiger partial charge in [-0.3, -0.25) is 35.1 Å². The van der Waals surface area contributed by atoms with Crippen LogP contribution < -0.4 is 0 Å². The quantitative estimate of drug-likeness (QED) is 0.545. The van der Waals surface area contributed by atoms with E-state index in [1.807, 2.05) is 0 Å². The molecule has 1 aliphatic rings. The lowest BCUT2D eigenvalue weighted by Crippen LogP contribution is -2.77. The normalized spacial score (nSPS) is 37.2. The molecule has 0 heterocycles. The second kappa shape index (κ2) is 4.05. The molecule has 110 valence electrons. The summed E-state index contributed by atoms with van der Waals surface area (Å²) < 4.78 is 0. The van der Waals surface area contributed by atoms with Crippen molar-refractivity contribution in [2.75, 3.05) is 0 Å². The second-order valence-corrected chi connectivity index (χ2v) is 5.22. The first-order valence-corrected chi connectivity index (χ1v) is 5.55. The molecule has 0 spiro atoms. The lowest BCUT2D eigenvalue weighted by Gasteiger charge is -2.39. The van der Waals surface area contributed by atoms with Crippen molar-refractivity contribution in [2.24, 2.45) is 0 Å². The minimum Gasteiger partial charge on any atom is -0.286 e. The van der Waals surface area contributed by atoms with Gasteiger partial charge in [0.1, 0.15) is 0 Å². The second-order valence-electron chi connectivity index (χ2n) is 5.22. The molecular formula is C10H13N3O7. The minimum atomic E-state index is -2.73. The molecule has 0 amide bonds. The molecular weight excluding hydrogens is 274 g/mol. The van der Waals surface area contributed by atoms with Gasteiger partial charge in [-0.15, -0.1) is 0 Å². The van der Waals surface area contributed by atoms with E-state index >= 15 is 0 Å². The number of carbonyl (C=O) groups is 1. The predicted octanol–water partition coefficient (Wildman–Crippen LogP) is 0.622. The number of carbonyl (C=O) groups excluding carboxylic acids is 1. The minimum absolute atomic E-state index is 0.234. The van der Waals surface area contributed by atoms with Crippen LogP contribution in [0, 0.1) is 30.3 Å². The standard InChI is InChI=1S/C10H13N3O7/c1-6-5-8(2,11(15)16)10(4,13(19)20)9(3,7(6)14)12(17)18/h5H,1-4H3. The molecule has 0 aromatic carbocycles. The zero-order valence-corrected chi connectivity index (χ0v) is 11.3. The third kappa shape index (κ3) is 1.41. The fourth-order valence-electron chi connectivity index (χ4n) is 2.58. The number of nitro groups is 3. The molecule has 10 nitrogen and oxygen atoms in total. The highest BCUT2D eigenvalue weighted by Gasteiger charge is 2.84. The first-order chi connectivity index (χ1) is 8.87. The number of Topliss-reactive ketones (excluding diaryl/α,β-unsaturated/α-hetero) is 1. The van der Waals surface area contributed by atoms with Crippen molar-refractivity contribution in [3.8, 4) is 0 Å². The third-order valence-electron chi connectivity index (χ3n) is 4.34. The highest BCUT2D eigenvalue weighted by Crippen LogP contribution is 2.46. The Balaban J connectivity index is 3.92. The monoisotopic (exact) mass is 287 g/mol. The van der Waals surface area contributed by atoms with E-state index in [-0.39, 0.29) is 5.57 Å². The van der Waals surface area contributed by atoms with E-state index in [4.69, 9.17) is 0 Å². The molecule has 0 aromatic rings. The van der Waals surface area contributed by atoms with Gasteiger partial charge in [0.25, 0.3) is 0 Å². The Kier molecular flexibility index (Phi) is 3.17. The highest BCUT2D eigenvalue weighted by molar-refractivity contribution is 6.03. The molecule has 1 aliphatic carbocycles. The lowest BCUT2D eigenvalue weighted by molar-refractivity contribution is -0.726. The zero-order chi connectivity index (χ0) is 16.1. The number of hydrogen-bond acceptors (Lipinski definition) is 7. The van der Waals surface area contributed by atoms with Crippen molar-refractivity contribution in [1.82, 2.24) is 0 Å². The van der Waals surface area contributed by atoms with Gasteiger partial charge < -0.3 is 0 Å². The van der Waals surface area contributed by atoms with Gasteiger partial charge in [-0.2, -0.15) is 0 Å². The molecule has 3 unspecified atom stereocenters. The van der Waals surface area contributed by atoms with Gasteiger partial charge in [0.15, 0.2) is 0 Å². The molecule has 1 rings (SSSR count). The summed E-state index contributed by atoms with van der Waals surface area (Å²) in [7, 11) is 0. The largest absolute Gasteiger partial charge is 0.366 e. The fraction of sp³-hybridized carbons (Fsp3) is 0.700. The van der Waals surface area contributed by atoms with Crippen molar-refractivity contribution >= 4 is 5.78 Å². The average Bonchev–Trinajstić information content (AvgIpc) is 2.32. The summed E-state index contributed by atoms with van der Waals surface area (Å²) in [6.45, 7) is 3.61. The number of hydrogen-bond donors (Lipinski definition) is 0. The Labute approximate surface area is 112 Å². The van der Waals surface area contributed by atoms with Gasteiger partial charge in [0.2, 0.25) is 5.78 Å². The molecule has 0 saturated carbocycles. The molecule has 0 aliphatic heterocycles. The summed E-state index contributed by atoms with van der Waals surface area (Å²) in [5.41, 5.74) is -8.06. The Morgan fingerprint density at radius 1 is 0.950 bits per heavy atom. The molecule has 0 N–H and O–H groups in total. The van der Waals surface area contributed by atoms with Gasteiger partial charge in [-0.25, -0.2) is 0 Å². The van der Waals surface area contributed by atoms with E-state index in [1.165, 1.54) is 6.92 Å². The van der Waals surface area contributed by atoms with E-state index in [1.54, 1.807) is 0 Å². The maximum atomic E-state index is 12.1. The SMILES string of the molecule is CC1=CC(C)([N+](=O)[O-])C(C)([N+](=O)[O-])C(C)([N+](=O)[O-])C1=O. The Hall–Kier alpha value is -2.39. The number of ketones is 1. The molecule has 0 radical (unpaired) electrons. The third-order valence-corrected chi connectivity index (χ3v) is 4.34. The maximum absolute atomic E-state index is 12.1. The summed E-state index contributed by atoms with van der Waals surface area (Å²) in [5, 5.41) is 34.0. The van der Waals surface area contributed by atoms with Gasteiger partial charge in [-0.1, -0.05) is 0 Å². The average molecular weight is 287 g/mol. The number of rotatable bonds is 3. The van der Waals surface area contributed by atoms with Crippen LogP contribution in [-0.2, 0) is 4.79 Å². The summed E-state index contributed by atoms with van der Waals surface area (Å²) >= 11 is 0. The van der Waals surface area contributed by atoms with E-state index in [0.717, 1.165) is 26.8 Å². The van der Waals surface area contributed by atoms with E-state index in [9.17, 15) is 35.1 Å². The molecule has 0 aromatic heterocycles. The zero-order valence-electron chi connectivity index (χ0n) is 11.3. The summed E-state index contributed by atoms with van der Waals surface area (Å²) in [4.78, 5) is 42.8. The number of nitrogens with zero attached hydrogens (tertiary/aromatic N) is 3. The summed E-state index contributed by atoms with van der Waals surface area (Å²) in [6, 6.07) is 0. The smallest absolute Gasteiger partial charge is 0.286 e. The van der Waals surface area contributed by atoms with Crippen LogP contribution in [-0.4, -0.2) is 37.2 Å². The van der Waals surface area contributed by atoms with Gasteiger partial charge in [0.05, 0.1) is 0 Å². The molecule has 0 saturated heterocycles. The van der Waals surface area contributed by atoms with Gasteiger partial charge in [-0.05, 0) is 6.92 Å². The Bertz CT molecular complexity index is 571. The fourth-order valence-corrected chi connectivity index (χ4v) is 2.58. The molecule has 20 heavy (non-hydrogen) atoms. The van der Waals surface area contributed by atoms with Crippen LogP contribution in [0.5, 0.6) is 0 Å². The first kappa shape index (κ1) is 15.7. The van der Waals surface area contributed by atoms with Crippen molar-refractivity contribution in [1.29, 1.82) is 0 Å². The molecule has 0 bridgehead atoms. The van der Waals surface area contributed by atoms with Crippen LogP contribution in [0.3, 0.4) is 0 Å². The topological polar surface area (TPSA) is 146 Å². The van der Waals surface area contributed by atoms with Crippen LogP contribution in [0.25, 0.3) is 0 Å². The summed E-state index contributed by atoms with van der Waals surface area (Å²) in [6.07, 6.45) is 0.823. The Morgan fingerprint density at radius 2 is 1.40 bits per heavy atom. The highest BCUT2D eigenvalue weighted by atomic mass is 16.7. The summed E-state index contributed by atoms with van der Waals surface area (Å²) in [5.74, 6) is -1.10. The predicted molar refractivity (Wildman–Crippen MR) is 65.0 cm³/mol. The van der Waals surface area contributed by atoms with Crippen molar-refractivity contribution in [2.45, 2.75) is 44.3 Å². The van der Waals surface area contributed by atoms with Crippen molar-refractivity contribution in [3.63, 3.8) is 0 Å². The van der Waals surface area contributed by atoms with Crippen LogP contribution in [0.2, 0.25) is 0 Å². The maximum Gasteiger partial charge on any atom is 0.366 e. The van der Waals surface area contributed by atoms with Crippen LogP contribution in [0.1, 0.15) is 27.7 Å². The lowest BCUT2D eigenvalue weighted by atomic mass is 9.60. The molecule has 0 fully saturated rings. The van der Waals surface area contributed by atoms with Gasteiger partial charge >= 0.3 is 16.6 Å². The molecule has 10 heteroatoms. The van der Waals surface area contributed by atoms with Crippen LogP contribution in [0.15, 0.2) is 11.6 Å². The Morgan fingerprint density at radius 3 is 1.70 bits per heavy atom. The van der Waals surface area contributed by atoms with Crippen LogP contribution in [0.4, 0.5) is 0 Å². The van der Waals surface area contributed by atoms with Crippen molar-refractivity contribution in [3.05, 3.63) is 42.0 Å². The van der Waals surface area contributed by atoms with E-state index < -0.39 is 37.2 Å². The van der Waals surface area contributed by atoms with Crippen LogP contribution >= 0.6 is 0 Å². The first-order valence-electron chi connectivity index (χ1n) is 5.55. The van der Waals surface area contributed by atoms with Gasteiger partial charge in [0, 0.05) is 47.2 Å². The molecule has 3 atom stereocenters. The van der Waals surface area contributed by atoms with E-state index in [2.05, 4.69) is 0 Å². The van der Waals surface area contributed by atoms with Crippen molar-refractivity contribution < 1.29 is 19.6 Å².